The first kappa shape index (κ1) is 20.4. The zero-order chi connectivity index (χ0) is 20.8. The summed E-state index contributed by atoms with van der Waals surface area (Å²) in [5.41, 5.74) is 1.76. The molecule has 0 aliphatic rings. The van der Waals surface area contributed by atoms with Gasteiger partial charge in [0, 0.05) is 17.7 Å². The van der Waals surface area contributed by atoms with E-state index in [4.69, 9.17) is 25.6 Å². The highest BCUT2D eigenvalue weighted by Gasteiger charge is 2.24. The second-order valence-electron chi connectivity index (χ2n) is 6.11. The van der Waals surface area contributed by atoms with Crippen LogP contribution in [0.5, 0.6) is 5.75 Å². The van der Waals surface area contributed by atoms with E-state index in [2.05, 4.69) is 10.5 Å². The summed E-state index contributed by atoms with van der Waals surface area (Å²) in [6.45, 7) is 1.39. The minimum atomic E-state index is -0.717. The number of nitrogens with one attached hydrogen (secondary N) is 1. The smallest absolute Gasteiger partial charge is 0.344 e. The van der Waals surface area contributed by atoms with Gasteiger partial charge in [-0.2, -0.15) is 0 Å². The lowest BCUT2D eigenvalue weighted by molar-refractivity contribution is -0.124. The van der Waals surface area contributed by atoms with Crippen molar-refractivity contribution in [2.45, 2.75) is 13.5 Å². The van der Waals surface area contributed by atoms with E-state index in [0.717, 1.165) is 5.56 Å². The summed E-state index contributed by atoms with van der Waals surface area (Å²) in [6.07, 6.45) is 0. The van der Waals surface area contributed by atoms with Crippen LogP contribution in [0.15, 0.2) is 53.1 Å². The van der Waals surface area contributed by atoms with E-state index < -0.39 is 18.5 Å². The van der Waals surface area contributed by atoms with Gasteiger partial charge in [-0.1, -0.05) is 53.2 Å². The molecular weight excluding hydrogens is 396 g/mol. The lowest BCUT2D eigenvalue weighted by Crippen LogP contribution is -2.28. The van der Waals surface area contributed by atoms with Crippen molar-refractivity contribution in [3.05, 3.63) is 70.4 Å². The first-order valence-electron chi connectivity index (χ1n) is 8.78. The predicted octanol–water partition coefficient (Wildman–Crippen LogP) is 3.79. The Hall–Kier alpha value is -3.32. The van der Waals surface area contributed by atoms with Crippen molar-refractivity contribution in [2.24, 2.45) is 0 Å². The number of rotatable bonds is 7. The first-order chi connectivity index (χ1) is 14.0. The highest BCUT2D eigenvalue weighted by atomic mass is 35.5. The maximum absolute atomic E-state index is 12.5. The molecule has 1 heterocycles. The first-order valence-corrected chi connectivity index (χ1v) is 9.16. The maximum Gasteiger partial charge on any atom is 0.344 e. The van der Waals surface area contributed by atoms with E-state index in [9.17, 15) is 9.59 Å². The number of aromatic nitrogens is 1. The van der Waals surface area contributed by atoms with Crippen molar-refractivity contribution in [3.8, 4) is 17.0 Å². The number of methoxy groups -OCH3 is 1. The van der Waals surface area contributed by atoms with Crippen LogP contribution >= 0.6 is 11.6 Å². The number of benzene rings is 2. The van der Waals surface area contributed by atoms with Gasteiger partial charge < -0.3 is 19.3 Å². The van der Waals surface area contributed by atoms with Gasteiger partial charge in [-0.05, 0) is 19.1 Å². The van der Waals surface area contributed by atoms with Crippen LogP contribution in [0.3, 0.4) is 0 Å². The number of halogens is 1. The number of aryl methyl sites for hydroxylation is 1. The fraction of sp³-hybridized carbons (Fsp3) is 0.190. The predicted molar refractivity (Wildman–Crippen MR) is 107 cm³/mol. The molecule has 0 radical (unpaired) electrons. The Morgan fingerprint density at radius 1 is 1.14 bits per heavy atom. The van der Waals surface area contributed by atoms with Crippen molar-refractivity contribution in [1.29, 1.82) is 0 Å². The Labute approximate surface area is 172 Å². The summed E-state index contributed by atoms with van der Waals surface area (Å²) >= 11 is 6.19. The highest BCUT2D eigenvalue weighted by Crippen LogP contribution is 2.31. The van der Waals surface area contributed by atoms with E-state index in [1.807, 2.05) is 18.2 Å². The van der Waals surface area contributed by atoms with E-state index in [1.54, 1.807) is 44.4 Å². The Bertz CT molecular complexity index is 1030. The molecule has 0 fully saturated rings. The molecule has 2 aromatic carbocycles. The number of hydrogen-bond donors (Lipinski definition) is 1. The van der Waals surface area contributed by atoms with Gasteiger partial charge in [0.1, 0.15) is 22.8 Å². The fourth-order valence-electron chi connectivity index (χ4n) is 2.75. The molecule has 1 aromatic heterocycles. The third-order valence-electron chi connectivity index (χ3n) is 4.20. The Kier molecular flexibility index (Phi) is 6.51. The summed E-state index contributed by atoms with van der Waals surface area (Å²) in [4.78, 5) is 24.6. The molecule has 1 N–H and O–H groups in total. The number of carbonyl (C=O) groups is 2. The molecule has 150 valence electrons. The molecule has 8 heteroatoms. The van der Waals surface area contributed by atoms with E-state index in [-0.39, 0.29) is 23.6 Å². The van der Waals surface area contributed by atoms with Crippen molar-refractivity contribution in [1.82, 2.24) is 10.5 Å². The average molecular weight is 415 g/mol. The van der Waals surface area contributed by atoms with Crippen LogP contribution in [0.4, 0.5) is 0 Å². The lowest BCUT2D eigenvalue weighted by atomic mass is 10.1. The molecule has 0 unspecified atom stereocenters. The molecule has 3 aromatic rings. The Balaban J connectivity index is 1.63. The molecule has 29 heavy (non-hydrogen) atoms. The summed E-state index contributed by atoms with van der Waals surface area (Å²) in [5, 5.41) is 7.02. The van der Waals surface area contributed by atoms with Gasteiger partial charge in [0.15, 0.2) is 6.61 Å². The molecule has 0 spiro atoms. The molecule has 0 atom stereocenters. The molecule has 0 aliphatic heterocycles. The molecule has 0 aliphatic carbocycles. The summed E-state index contributed by atoms with van der Waals surface area (Å²) < 4.78 is 15.5. The van der Waals surface area contributed by atoms with Gasteiger partial charge in [0.25, 0.3) is 5.91 Å². The largest absolute Gasteiger partial charge is 0.496 e. The molecule has 3 rings (SSSR count). The van der Waals surface area contributed by atoms with E-state index >= 15 is 0 Å². The number of nitrogens with zero attached hydrogens (tertiary/aromatic N) is 1. The normalized spacial score (nSPS) is 10.4. The topological polar surface area (TPSA) is 90.7 Å². The zero-order valence-electron chi connectivity index (χ0n) is 15.9. The monoisotopic (exact) mass is 414 g/mol. The number of ether oxygens (including phenoxy) is 2. The summed E-state index contributed by atoms with van der Waals surface area (Å²) in [7, 11) is 1.56. The van der Waals surface area contributed by atoms with Gasteiger partial charge in [-0.3, -0.25) is 4.79 Å². The van der Waals surface area contributed by atoms with Crippen LogP contribution in [-0.2, 0) is 16.1 Å². The molecule has 1 amide bonds. The molecule has 0 saturated heterocycles. The standard InChI is InChI=1S/C21H19ClN2O5/c1-13-19(20(24-29-13)15-8-4-5-9-16(15)22)21(26)28-12-18(25)23-11-14-7-3-6-10-17(14)27-2/h3-10H,11-12H2,1-2H3,(H,23,25). The number of carbonyl (C=O) groups excluding carboxylic acids is 2. The van der Waals surface area contributed by atoms with Crippen LogP contribution in [0.2, 0.25) is 5.02 Å². The number of hydrogen-bond acceptors (Lipinski definition) is 6. The molecule has 7 nitrogen and oxygen atoms in total. The fourth-order valence-corrected chi connectivity index (χ4v) is 2.97. The van der Waals surface area contributed by atoms with E-state index in [1.165, 1.54) is 0 Å². The number of esters is 1. The summed E-state index contributed by atoms with van der Waals surface area (Å²) in [5.74, 6) is -0.225. The molecular formula is C21H19ClN2O5. The van der Waals surface area contributed by atoms with Gasteiger partial charge in [-0.15, -0.1) is 0 Å². The SMILES string of the molecule is COc1ccccc1CNC(=O)COC(=O)c1c(-c2ccccc2Cl)noc1C. The average Bonchev–Trinajstić information content (AvgIpc) is 3.12. The van der Waals surface area contributed by atoms with Crippen LogP contribution in [0.25, 0.3) is 11.3 Å². The zero-order valence-corrected chi connectivity index (χ0v) is 16.7. The van der Waals surface area contributed by atoms with Crippen molar-refractivity contribution < 1.29 is 23.6 Å². The summed E-state index contributed by atoms with van der Waals surface area (Å²) in [6, 6.07) is 14.2. The van der Waals surface area contributed by atoms with Crippen molar-refractivity contribution >= 4 is 23.5 Å². The minimum absolute atomic E-state index is 0.135. The third kappa shape index (κ3) is 4.75. The third-order valence-corrected chi connectivity index (χ3v) is 4.53. The number of para-hydroxylation sites is 1. The van der Waals surface area contributed by atoms with E-state index in [0.29, 0.717) is 16.3 Å². The van der Waals surface area contributed by atoms with Crippen molar-refractivity contribution in [2.75, 3.05) is 13.7 Å². The molecule has 0 bridgehead atoms. The van der Waals surface area contributed by atoms with Crippen LogP contribution in [0, 0.1) is 6.92 Å². The number of amides is 1. The van der Waals surface area contributed by atoms with Gasteiger partial charge in [-0.25, -0.2) is 4.79 Å². The second kappa shape index (κ2) is 9.25. The lowest BCUT2D eigenvalue weighted by Gasteiger charge is -2.10. The van der Waals surface area contributed by atoms with Gasteiger partial charge in [0.2, 0.25) is 0 Å². The van der Waals surface area contributed by atoms with Crippen LogP contribution < -0.4 is 10.1 Å². The van der Waals surface area contributed by atoms with Crippen molar-refractivity contribution in [3.63, 3.8) is 0 Å². The quantitative estimate of drug-likeness (QED) is 0.591. The van der Waals surface area contributed by atoms with Crippen LogP contribution in [0.1, 0.15) is 21.7 Å². The Morgan fingerprint density at radius 2 is 1.86 bits per heavy atom. The Morgan fingerprint density at radius 3 is 2.62 bits per heavy atom. The molecule has 0 saturated carbocycles. The second-order valence-corrected chi connectivity index (χ2v) is 6.51. The van der Waals surface area contributed by atoms with Gasteiger partial charge >= 0.3 is 5.97 Å². The van der Waals surface area contributed by atoms with Gasteiger partial charge in [0.05, 0.1) is 12.1 Å². The maximum atomic E-state index is 12.5. The van der Waals surface area contributed by atoms with Crippen LogP contribution in [-0.4, -0.2) is 30.7 Å². The minimum Gasteiger partial charge on any atom is -0.496 e. The highest BCUT2D eigenvalue weighted by molar-refractivity contribution is 6.33.